The molecule has 0 fully saturated rings. The van der Waals surface area contributed by atoms with Gasteiger partial charge in [0.2, 0.25) is 0 Å². The van der Waals surface area contributed by atoms with E-state index < -0.39 is 24.3 Å². The van der Waals surface area contributed by atoms with Gasteiger partial charge in [0.1, 0.15) is 0 Å². The van der Waals surface area contributed by atoms with Gasteiger partial charge in [0.25, 0.3) is 0 Å². The molecule has 0 bridgehead atoms. The summed E-state index contributed by atoms with van der Waals surface area (Å²) in [6.07, 6.45) is -4.24. The summed E-state index contributed by atoms with van der Waals surface area (Å²) in [7, 11) is 0. The average Bonchev–Trinajstić information content (AvgIpc) is 2.28. The second-order valence-corrected chi connectivity index (χ2v) is 3.73. The van der Waals surface area contributed by atoms with E-state index >= 15 is 0 Å². The van der Waals surface area contributed by atoms with Crippen molar-refractivity contribution in [2.75, 3.05) is 0 Å². The lowest BCUT2D eigenvalue weighted by molar-refractivity contribution is -0.221. The number of carbonyl (C=O) groups is 2. The van der Waals surface area contributed by atoms with Gasteiger partial charge >= 0.3 is 24.3 Å². The first-order valence-corrected chi connectivity index (χ1v) is 5.86. The third-order valence-corrected chi connectivity index (χ3v) is 1.86. The molecule has 9 heteroatoms. The summed E-state index contributed by atoms with van der Waals surface area (Å²) in [5.41, 5.74) is 0. The molecule has 0 N–H and O–H groups in total. The Morgan fingerprint density at radius 1 is 0.750 bits per heavy atom. The van der Waals surface area contributed by atoms with Crippen molar-refractivity contribution in [1.29, 1.82) is 0 Å². The van der Waals surface area contributed by atoms with Crippen molar-refractivity contribution in [3.63, 3.8) is 0 Å². The first-order valence-electron chi connectivity index (χ1n) is 5.86. The molecule has 0 aromatic heterocycles. The van der Waals surface area contributed by atoms with E-state index in [4.69, 9.17) is 0 Å². The van der Waals surface area contributed by atoms with Crippen molar-refractivity contribution in [3.05, 3.63) is 0 Å². The number of rotatable bonds is 4. The lowest BCUT2D eigenvalue weighted by atomic mass is 10.2. The fourth-order valence-corrected chi connectivity index (χ4v) is 0.877. The molecule has 0 aliphatic heterocycles. The van der Waals surface area contributed by atoms with Gasteiger partial charge in [-0.25, -0.2) is 9.59 Å². The normalized spacial score (nSPS) is 11.4. The zero-order chi connectivity index (χ0) is 16.4. The Labute approximate surface area is 112 Å². The van der Waals surface area contributed by atoms with Crippen molar-refractivity contribution in [2.45, 2.75) is 58.3 Å². The minimum Gasteiger partial charge on any atom is -0.380 e. The SMILES string of the molecule is CCCCCCC.O=C(OC(=O)C(F)(F)F)C(F)(F)F. The maximum atomic E-state index is 11.2. The highest BCUT2D eigenvalue weighted by molar-refractivity contribution is 5.90. The van der Waals surface area contributed by atoms with E-state index in [0.29, 0.717) is 0 Å². The second kappa shape index (κ2) is 9.60. The first kappa shape index (κ1) is 21.0. The summed E-state index contributed by atoms with van der Waals surface area (Å²) in [5, 5.41) is 0. The van der Waals surface area contributed by atoms with E-state index in [2.05, 4.69) is 18.6 Å². The zero-order valence-electron chi connectivity index (χ0n) is 11.0. The molecule has 0 spiro atoms. The van der Waals surface area contributed by atoms with Crippen molar-refractivity contribution in [2.24, 2.45) is 0 Å². The van der Waals surface area contributed by atoms with Gasteiger partial charge in [0.05, 0.1) is 0 Å². The van der Waals surface area contributed by atoms with E-state index in [9.17, 15) is 35.9 Å². The van der Waals surface area contributed by atoms with Crippen LogP contribution in [0.25, 0.3) is 0 Å². The Kier molecular flexibility index (Phi) is 10.1. The number of carbonyl (C=O) groups excluding carboxylic acids is 2. The van der Waals surface area contributed by atoms with Crippen LogP contribution in [0.15, 0.2) is 0 Å². The largest absolute Gasteiger partial charge is 0.491 e. The third-order valence-electron chi connectivity index (χ3n) is 1.86. The number of ether oxygens (including phenoxy) is 1. The van der Waals surface area contributed by atoms with Crippen molar-refractivity contribution in [3.8, 4) is 0 Å². The number of halogens is 6. The van der Waals surface area contributed by atoms with Crippen LogP contribution < -0.4 is 0 Å². The van der Waals surface area contributed by atoms with Crippen molar-refractivity contribution < 1.29 is 40.7 Å². The number of unbranched alkanes of at least 4 members (excludes halogenated alkanes) is 4. The summed E-state index contributed by atoms with van der Waals surface area (Å²) in [5.74, 6) is -6.40. The van der Waals surface area contributed by atoms with Gasteiger partial charge in [-0.15, -0.1) is 0 Å². The summed E-state index contributed by atoms with van der Waals surface area (Å²) >= 11 is 0. The molecule has 0 heterocycles. The fraction of sp³-hybridized carbons (Fsp3) is 0.818. The van der Waals surface area contributed by atoms with Gasteiger partial charge in [0, 0.05) is 0 Å². The highest BCUT2D eigenvalue weighted by Gasteiger charge is 2.49. The Hall–Kier alpha value is -1.28. The van der Waals surface area contributed by atoms with Gasteiger partial charge in [-0.05, 0) is 0 Å². The maximum Gasteiger partial charge on any atom is 0.491 e. The highest BCUT2D eigenvalue weighted by Crippen LogP contribution is 2.21. The molecule has 0 saturated heterocycles. The molecular formula is C11H16F6O3. The molecule has 0 aromatic carbocycles. The van der Waals surface area contributed by atoms with Gasteiger partial charge in [0.15, 0.2) is 0 Å². The Bertz CT molecular complexity index is 268. The van der Waals surface area contributed by atoms with E-state index in [1.54, 1.807) is 0 Å². The standard InChI is InChI=1S/C7H16.C4F6O3/c1-3-5-7-6-4-2;5-3(6,7)1(11)13-2(12)4(8,9)10/h3-7H2,1-2H3;. The molecule has 0 aliphatic rings. The summed E-state index contributed by atoms with van der Waals surface area (Å²) < 4.78 is 69.7. The molecule has 120 valence electrons. The lowest BCUT2D eigenvalue weighted by Gasteiger charge is -2.06. The minimum absolute atomic E-state index is 1.36. The molecule has 0 atom stereocenters. The number of hydrogen-bond donors (Lipinski definition) is 0. The van der Waals surface area contributed by atoms with Crippen LogP contribution in [-0.4, -0.2) is 24.3 Å². The van der Waals surface area contributed by atoms with Crippen LogP contribution in [-0.2, 0) is 14.3 Å². The van der Waals surface area contributed by atoms with Gasteiger partial charge in [-0.1, -0.05) is 46.0 Å². The number of hydrogen-bond acceptors (Lipinski definition) is 3. The molecule has 3 nitrogen and oxygen atoms in total. The van der Waals surface area contributed by atoms with Crippen LogP contribution in [0.1, 0.15) is 46.0 Å². The van der Waals surface area contributed by atoms with Crippen LogP contribution in [0.5, 0.6) is 0 Å². The predicted octanol–water partition coefficient (Wildman–Crippen LogP) is 4.16. The summed E-state index contributed by atoms with van der Waals surface area (Å²) in [6.45, 7) is 4.49. The summed E-state index contributed by atoms with van der Waals surface area (Å²) in [6, 6.07) is 0. The van der Waals surface area contributed by atoms with E-state index in [1.807, 2.05) is 0 Å². The van der Waals surface area contributed by atoms with Gasteiger partial charge in [-0.2, -0.15) is 26.3 Å². The van der Waals surface area contributed by atoms with E-state index in [0.717, 1.165) is 0 Å². The number of esters is 2. The molecule has 0 unspecified atom stereocenters. The monoisotopic (exact) mass is 310 g/mol. The topological polar surface area (TPSA) is 43.4 Å². The van der Waals surface area contributed by atoms with Crippen LogP contribution in [0.3, 0.4) is 0 Å². The van der Waals surface area contributed by atoms with Gasteiger partial charge < -0.3 is 4.74 Å². The maximum absolute atomic E-state index is 11.2. The average molecular weight is 310 g/mol. The summed E-state index contributed by atoms with van der Waals surface area (Å²) in [4.78, 5) is 19.3. The lowest BCUT2D eigenvalue weighted by Crippen LogP contribution is -2.34. The smallest absolute Gasteiger partial charge is 0.380 e. The van der Waals surface area contributed by atoms with Gasteiger partial charge in [-0.3, -0.25) is 0 Å². The third kappa shape index (κ3) is 11.8. The quantitative estimate of drug-likeness (QED) is 0.339. The molecule has 0 radical (unpaired) electrons. The van der Waals surface area contributed by atoms with Crippen molar-refractivity contribution >= 4 is 11.9 Å². The molecule has 20 heavy (non-hydrogen) atoms. The van der Waals surface area contributed by atoms with E-state index in [-0.39, 0.29) is 0 Å². The van der Waals surface area contributed by atoms with Crippen LogP contribution >= 0.6 is 0 Å². The highest BCUT2D eigenvalue weighted by atomic mass is 19.4. The first-order chi connectivity index (χ1) is 8.96. The Morgan fingerprint density at radius 3 is 1.25 bits per heavy atom. The van der Waals surface area contributed by atoms with Crippen LogP contribution in [0.4, 0.5) is 26.3 Å². The number of alkyl halides is 6. The molecular weight excluding hydrogens is 294 g/mol. The zero-order valence-corrected chi connectivity index (χ0v) is 11.0. The predicted molar refractivity (Wildman–Crippen MR) is 57.6 cm³/mol. The second-order valence-electron chi connectivity index (χ2n) is 3.73. The van der Waals surface area contributed by atoms with E-state index in [1.165, 1.54) is 32.1 Å². The Balaban J connectivity index is 0. The van der Waals surface area contributed by atoms with Crippen molar-refractivity contribution in [1.82, 2.24) is 0 Å². The van der Waals surface area contributed by atoms with Crippen LogP contribution in [0.2, 0.25) is 0 Å². The molecule has 0 saturated carbocycles. The molecule has 0 aliphatic carbocycles. The fourth-order valence-electron chi connectivity index (χ4n) is 0.877. The molecule has 0 amide bonds. The minimum atomic E-state index is -5.62. The molecule has 0 aromatic rings. The Morgan fingerprint density at radius 2 is 1.05 bits per heavy atom. The molecule has 0 rings (SSSR count). The van der Waals surface area contributed by atoms with Crippen LogP contribution in [0, 0.1) is 0 Å².